The average Bonchev–Trinajstić information content (AvgIpc) is 2.79. The van der Waals surface area contributed by atoms with Gasteiger partial charge in [-0.1, -0.05) is 25.0 Å². The van der Waals surface area contributed by atoms with E-state index in [4.69, 9.17) is 0 Å². The summed E-state index contributed by atoms with van der Waals surface area (Å²) in [5.74, 6) is -0.395. The number of hydrogen-bond acceptors (Lipinski definition) is 5. The number of hydrogen-bond donors (Lipinski definition) is 2. The molecule has 5 nitrogen and oxygen atoms in total. The highest BCUT2D eigenvalue weighted by atomic mass is 32.1. The maximum Gasteiger partial charge on any atom is 0.254 e. The number of fused-ring (bicyclic) bond motifs is 1. The lowest BCUT2D eigenvalue weighted by Crippen LogP contribution is -2.42. The fraction of sp³-hybridized carbons (Fsp3) is 0.500. The number of nitrogens with zero attached hydrogens (tertiary/aromatic N) is 2. The Hall–Kier alpha value is -1.50. The van der Waals surface area contributed by atoms with Crippen LogP contribution in [0.25, 0.3) is 10.2 Å². The minimum absolute atomic E-state index is 0.386. The molecule has 1 aliphatic rings. The Bertz CT molecular complexity index is 617. The van der Waals surface area contributed by atoms with E-state index in [2.05, 4.69) is 4.98 Å². The molecule has 0 saturated carbocycles. The summed E-state index contributed by atoms with van der Waals surface area (Å²) in [5.41, 5.74) is 0.774. The number of likely N-dealkylation sites (tertiary alicyclic amines) is 1. The van der Waals surface area contributed by atoms with Crippen molar-refractivity contribution in [2.24, 2.45) is 0 Å². The van der Waals surface area contributed by atoms with Crippen LogP contribution in [0.5, 0.6) is 0 Å². The van der Waals surface area contributed by atoms with E-state index < -0.39 is 18.1 Å². The fourth-order valence-corrected chi connectivity index (χ4v) is 3.75. The van der Waals surface area contributed by atoms with Gasteiger partial charge in [-0.25, -0.2) is 4.98 Å². The predicted molar refractivity (Wildman–Crippen MR) is 85.6 cm³/mol. The molecular formula is C16H20N2O3S. The molecule has 2 N–H and O–H groups in total. The van der Waals surface area contributed by atoms with Gasteiger partial charge in [-0.05, 0) is 25.0 Å². The molecule has 2 unspecified atom stereocenters. The number of thiazole rings is 1. The number of para-hydroxylation sites is 1. The lowest BCUT2D eigenvalue weighted by atomic mass is 10.2. The zero-order chi connectivity index (χ0) is 15.5. The standard InChI is InChI=1S/C16H20N2O3S/c19-13(15-17-11-7-3-4-8-12(11)22-15)14(20)16(21)18-9-5-1-2-6-10-18/h3-4,7-8,13-14,19-20H,1-2,5-6,9-10H2. The molecule has 2 atom stereocenters. The van der Waals surface area contributed by atoms with Crippen LogP contribution in [0.1, 0.15) is 36.8 Å². The van der Waals surface area contributed by atoms with Crippen LogP contribution >= 0.6 is 11.3 Å². The predicted octanol–water partition coefficient (Wildman–Crippen LogP) is 2.09. The summed E-state index contributed by atoms with van der Waals surface area (Å²) in [6.07, 6.45) is 1.42. The van der Waals surface area contributed by atoms with Crippen molar-refractivity contribution in [2.75, 3.05) is 13.1 Å². The Morgan fingerprint density at radius 1 is 1.14 bits per heavy atom. The molecule has 0 spiro atoms. The maximum atomic E-state index is 12.4. The molecule has 2 aromatic rings. The van der Waals surface area contributed by atoms with Gasteiger partial charge in [-0.2, -0.15) is 0 Å². The summed E-state index contributed by atoms with van der Waals surface area (Å²) in [6, 6.07) is 7.53. The molecule has 0 bridgehead atoms. The van der Waals surface area contributed by atoms with Gasteiger partial charge in [0, 0.05) is 13.1 Å². The fourth-order valence-electron chi connectivity index (χ4n) is 2.76. The van der Waals surface area contributed by atoms with Crippen LogP contribution in [0.2, 0.25) is 0 Å². The van der Waals surface area contributed by atoms with Gasteiger partial charge >= 0.3 is 0 Å². The van der Waals surface area contributed by atoms with Crippen molar-refractivity contribution in [1.82, 2.24) is 9.88 Å². The minimum Gasteiger partial charge on any atom is -0.383 e. The average molecular weight is 320 g/mol. The monoisotopic (exact) mass is 320 g/mol. The van der Waals surface area contributed by atoms with Crippen molar-refractivity contribution in [3.8, 4) is 0 Å². The van der Waals surface area contributed by atoms with Gasteiger partial charge in [0.15, 0.2) is 6.10 Å². The van der Waals surface area contributed by atoms with Crippen molar-refractivity contribution in [1.29, 1.82) is 0 Å². The summed E-state index contributed by atoms with van der Waals surface area (Å²) in [5, 5.41) is 20.9. The van der Waals surface area contributed by atoms with Crippen LogP contribution in [-0.4, -0.2) is 45.2 Å². The highest BCUT2D eigenvalue weighted by Crippen LogP contribution is 2.28. The molecule has 118 valence electrons. The Kier molecular flexibility index (Phi) is 4.71. The van der Waals surface area contributed by atoms with Crippen LogP contribution in [0, 0.1) is 0 Å². The zero-order valence-corrected chi connectivity index (χ0v) is 13.1. The topological polar surface area (TPSA) is 73.7 Å². The van der Waals surface area contributed by atoms with Gasteiger partial charge in [0.05, 0.1) is 10.2 Å². The van der Waals surface area contributed by atoms with E-state index in [1.54, 1.807) is 4.90 Å². The van der Waals surface area contributed by atoms with Crippen LogP contribution in [-0.2, 0) is 4.79 Å². The Balaban J connectivity index is 1.75. The van der Waals surface area contributed by atoms with E-state index in [-0.39, 0.29) is 0 Å². The zero-order valence-electron chi connectivity index (χ0n) is 12.3. The van der Waals surface area contributed by atoms with E-state index >= 15 is 0 Å². The van der Waals surface area contributed by atoms with Gasteiger partial charge in [0.2, 0.25) is 0 Å². The Morgan fingerprint density at radius 3 is 2.50 bits per heavy atom. The van der Waals surface area contributed by atoms with Gasteiger partial charge in [0.25, 0.3) is 5.91 Å². The third-order valence-electron chi connectivity index (χ3n) is 4.03. The van der Waals surface area contributed by atoms with Crippen LogP contribution in [0.4, 0.5) is 0 Å². The van der Waals surface area contributed by atoms with Crippen LogP contribution in [0.3, 0.4) is 0 Å². The lowest BCUT2D eigenvalue weighted by molar-refractivity contribution is -0.146. The third kappa shape index (κ3) is 3.14. The number of amides is 1. The molecule has 0 radical (unpaired) electrons. The first-order valence-electron chi connectivity index (χ1n) is 7.67. The second-order valence-electron chi connectivity index (χ2n) is 5.65. The normalized spacial score (nSPS) is 18.9. The van der Waals surface area contributed by atoms with E-state index in [0.29, 0.717) is 18.1 Å². The molecule has 3 rings (SSSR count). The van der Waals surface area contributed by atoms with Crippen LogP contribution in [0.15, 0.2) is 24.3 Å². The minimum atomic E-state index is -1.45. The van der Waals surface area contributed by atoms with E-state index in [1.807, 2.05) is 24.3 Å². The molecule has 6 heteroatoms. The summed E-state index contributed by atoms with van der Waals surface area (Å²) >= 11 is 1.31. The molecule has 0 aliphatic carbocycles. The van der Waals surface area contributed by atoms with E-state index in [1.165, 1.54) is 11.3 Å². The second kappa shape index (κ2) is 6.73. The van der Waals surface area contributed by atoms with E-state index in [0.717, 1.165) is 35.9 Å². The first-order chi connectivity index (χ1) is 10.7. The van der Waals surface area contributed by atoms with Crippen LogP contribution < -0.4 is 0 Å². The number of carbonyl (C=O) groups is 1. The molecule has 22 heavy (non-hydrogen) atoms. The van der Waals surface area contributed by atoms with Gasteiger partial charge < -0.3 is 15.1 Å². The molecule has 1 aromatic heterocycles. The number of aliphatic hydroxyl groups excluding tert-OH is 2. The first-order valence-corrected chi connectivity index (χ1v) is 8.49. The molecule has 1 fully saturated rings. The number of rotatable bonds is 3. The van der Waals surface area contributed by atoms with Crippen molar-refractivity contribution < 1.29 is 15.0 Å². The van der Waals surface area contributed by atoms with Gasteiger partial charge in [-0.3, -0.25) is 4.79 Å². The molecule has 1 amide bonds. The summed E-state index contributed by atoms with van der Waals surface area (Å²) in [6.45, 7) is 1.31. The molecule has 2 heterocycles. The van der Waals surface area contributed by atoms with Gasteiger partial charge in [-0.15, -0.1) is 11.3 Å². The second-order valence-corrected chi connectivity index (χ2v) is 6.71. The summed E-state index contributed by atoms with van der Waals surface area (Å²) in [4.78, 5) is 18.4. The summed E-state index contributed by atoms with van der Waals surface area (Å²) < 4.78 is 0.936. The highest BCUT2D eigenvalue weighted by molar-refractivity contribution is 7.18. The highest BCUT2D eigenvalue weighted by Gasteiger charge is 2.31. The Morgan fingerprint density at radius 2 is 1.82 bits per heavy atom. The van der Waals surface area contributed by atoms with Crippen molar-refractivity contribution >= 4 is 27.5 Å². The smallest absolute Gasteiger partial charge is 0.254 e. The third-order valence-corrected chi connectivity index (χ3v) is 5.14. The largest absolute Gasteiger partial charge is 0.383 e. The number of carbonyl (C=O) groups excluding carboxylic acids is 1. The van der Waals surface area contributed by atoms with Crippen molar-refractivity contribution in [3.05, 3.63) is 29.3 Å². The first kappa shape index (κ1) is 15.4. The number of aromatic nitrogens is 1. The van der Waals surface area contributed by atoms with Gasteiger partial charge in [0.1, 0.15) is 11.1 Å². The number of aliphatic hydroxyl groups is 2. The van der Waals surface area contributed by atoms with E-state index in [9.17, 15) is 15.0 Å². The molecule has 1 aliphatic heterocycles. The van der Waals surface area contributed by atoms with Crippen molar-refractivity contribution in [2.45, 2.75) is 37.9 Å². The molecule has 1 saturated heterocycles. The molecule has 1 aromatic carbocycles. The van der Waals surface area contributed by atoms with Crippen molar-refractivity contribution in [3.63, 3.8) is 0 Å². The summed E-state index contributed by atoms with van der Waals surface area (Å²) in [7, 11) is 0. The Labute approximate surface area is 133 Å². The quantitative estimate of drug-likeness (QED) is 0.908. The SMILES string of the molecule is O=C(C(O)C(O)c1nc2ccccc2s1)N1CCCCCC1. The lowest BCUT2D eigenvalue weighted by Gasteiger charge is -2.25. The maximum absolute atomic E-state index is 12.4. The molecular weight excluding hydrogens is 300 g/mol. The number of benzene rings is 1.